The van der Waals surface area contributed by atoms with E-state index in [1.807, 2.05) is 48.5 Å². The van der Waals surface area contributed by atoms with Crippen LogP contribution in [0.25, 0.3) is 22.2 Å². The number of rotatable bonds is 1. The highest BCUT2D eigenvalue weighted by Gasteiger charge is 2.00. The summed E-state index contributed by atoms with van der Waals surface area (Å²) >= 11 is 0. The second kappa shape index (κ2) is 3.91. The largest absolute Gasteiger partial charge is 0.871 e. The van der Waals surface area contributed by atoms with Gasteiger partial charge in [-0.2, -0.15) is 0 Å². The van der Waals surface area contributed by atoms with Crippen molar-refractivity contribution in [3.63, 3.8) is 0 Å². The minimum absolute atomic E-state index is 0.0275. The maximum absolute atomic E-state index is 11.7. The van der Waals surface area contributed by atoms with Crippen LogP contribution >= 0.6 is 0 Å². The zero-order valence-corrected chi connectivity index (χ0v) is 9.13. The van der Waals surface area contributed by atoms with Crippen LogP contribution in [0.4, 0.5) is 0 Å². The van der Waals surface area contributed by atoms with E-state index >= 15 is 0 Å². The van der Waals surface area contributed by atoms with Crippen molar-refractivity contribution in [1.82, 2.24) is 4.98 Å². The van der Waals surface area contributed by atoms with Gasteiger partial charge in [0.2, 0.25) is 0 Å². The Morgan fingerprint density at radius 3 is 2.41 bits per heavy atom. The van der Waals surface area contributed by atoms with Crippen molar-refractivity contribution < 1.29 is 5.11 Å². The zero-order valence-electron chi connectivity index (χ0n) is 9.13. The van der Waals surface area contributed by atoms with Crippen LogP contribution in [0, 0.1) is 0 Å². The molecular weight excluding hydrogens is 210 g/mol. The molecule has 0 saturated carbocycles. The van der Waals surface area contributed by atoms with Gasteiger partial charge < -0.3 is 5.11 Å². The van der Waals surface area contributed by atoms with E-state index in [2.05, 4.69) is 4.98 Å². The lowest BCUT2D eigenvalue weighted by atomic mass is 10.1. The molecule has 0 radical (unpaired) electrons. The Labute approximate surface area is 99.2 Å². The summed E-state index contributed by atoms with van der Waals surface area (Å²) in [5, 5.41) is 12.6. The van der Waals surface area contributed by atoms with Crippen LogP contribution in [0.15, 0.2) is 60.7 Å². The third-order valence-corrected chi connectivity index (χ3v) is 2.75. The maximum Gasteiger partial charge on any atom is 0.0709 e. The molecule has 82 valence electrons. The first kappa shape index (κ1) is 9.85. The molecule has 3 rings (SSSR count). The molecule has 0 aliphatic rings. The Bertz CT molecular complexity index is 662. The van der Waals surface area contributed by atoms with Crippen LogP contribution in [0.5, 0.6) is 5.75 Å². The molecule has 0 fully saturated rings. The topological polar surface area (TPSA) is 36.0 Å². The monoisotopic (exact) mass is 220 g/mol. The third kappa shape index (κ3) is 1.74. The van der Waals surface area contributed by atoms with E-state index in [1.165, 1.54) is 0 Å². The number of nitrogens with zero attached hydrogens (tertiary/aromatic N) is 1. The van der Waals surface area contributed by atoms with E-state index in [9.17, 15) is 5.11 Å². The summed E-state index contributed by atoms with van der Waals surface area (Å²) in [6.07, 6.45) is 0. The van der Waals surface area contributed by atoms with Crippen molar-refractivity contribution in [3.8, 4) is 17.0 Å². The molecule has 2 aromatic carbocycles. The van der Waals surface area contributed by atoms with Crippen LogP contribution in [0.2, 0.25) is 0 Å². The standard InChI is InChI=1S/C15H11NO/c17-14-8-4-7-12-9-10-13(16-15(12)14)11-5-2-1-3-6-11/h1-10,17H/p-1. The molecule has 3 aromatic rings. The fourth-order valence-corrected chi connectivity index (χ4v) is 1.89. The van der Waals surface area contributed by atoms with E-state index in [0.29, 0.717) is 5.52 Å². The van der Waals surface area contributed by atoms with E-state index in [1.54, 1.807) is 12.1 Å². The van der Waals surface area contributed by atoms with Crippen molar-refractivity contribution >= 4 is 10.9 Å². The molecule has 17 heavy (non-hydrogen) atoms. The maximum atomic E-state index is 11.7. The highest BCUT2D eigenvalue weighted by molar-refractivity contribution is 5.86. The fourth-order valence-electron chi connectivity index (χ4n) is 1.89. The number of benzene rings is 2. The van der Waals surface area contributed by atoms with Gasteiger partial charge in [-0.15, -0.1) is 0 Å². The Morgan fingerprint density at radius 1 is 0.765 bits per heavy atom. The summed E-state index contributed by atoms with van der Waals surface area (Å²) in [7, 11) is 0. The van der Waals surface area contributed by atoms with Crippen LogP contribution in [0.1, 0.15) is 0 Å². The van der Waals surface area contributed by atoms with E-state index in [0.717, 1.165) is 16.6 Å². The fraction of sp³-hybridized carbons (Fsp3) is 0. The predicted octanol–water partition coefficient (Wildman–Crippen LogP) is 2.98. The van der Waals surface area contributed by atoms with Crippen molar-refractivity contribution in [1.29, 1.82) is 0 Å². The Balaban J connectivity index is 2.23. The summed E-state index contributed by atoms with van der Waals surface area (Å²) < 4.78 is 0. The lowest BCUT2D eigenvalue weighted by molar-refractivity contribution is -0.266. The van der Waals surface area contributed by atoms with E-state index in [4.69, 9.17) is 0 Å². The highest BCUT2D eigenvalue weighted by atomic mass is 16.3. The first-order valence-corrected chi connectivity index (χ1v) is 5.47. The normalized spacial score (nSPS) is 10.6. The number of para-hydroxylation sites is 1. The average Bonchev–Trinajstić information content (AvgIpc) is 2.40. The van der Waals surface area contributed by atoms with E-state index < -0.39 is 0 Å². The third-order valence-electron chi connectivity index (χ3n) is 2.75. The van der Waals surface area contributed by atoms with Gasteiger partial charge in [-0.25, -0.2) is 4.98 Å². The number of fused-ring (bicyclic) bond motifs is 1. The molecule has 0 atom stereocenters. The van der Waals surface area contributed by atoms with Gasteiger partial charge in [-0.1, -0.05) is 60.3 Å². The summed E-state index contributed by atoms with van der Waals surface area (Å²) in [5.41, 5.74) is 2.40. The number of hydrogen-bond acceptors (Lipinski definition) is 2. The van der Waals surface area contributed by atoms with Gasteiger partial charge in [0.05, 0.1) is 11.2 Å². The number of pyridine rings is 1. The van der Waals surface area contributed by atoms with Gasteiger partial charge in [0.1, 0.15) is 0 Å². The summed E-state index contributed by atoms with van der Waals surface area (Å²) in [6, 6.07) is 18.9. The van der Waals surface area contributed by atoms with Gasteiger partial charge in [0.25, 0.3) is 0 Å². The molecule has 0 spiro atoms. The van der Waals surface area contributed by atoms with Crippen molar-refractivity contribution in [2.24, 2.45) is 0 Å². The average molecular weight is 220 g/mol. The first-order valence-electron chi connectivity index (χ1n) is 5.47. The molecule has 2 nitrogen and oxygen atoms in total. The van der Waals surface area contributed by atoms with Crippen LogP contribution in [-0.4, -0.2) is 4.98 Å². The molecule has 2 heteroatoms. The predicted molar refractivity (Wildman–Crippen MR) is 66.6 cm³/mol. The van der Waals surface area contributed by atoms with Gasteiger partial charge in [-0.3, -0.25) is 0 Å². The van der Waals surface area contributed by atoms with Crippen molar-refractivity contribution in [2.75, 3.05) is 0 Å². The van der Waals surface area contributed by atoms with Crippen LogP contribution < -0.4 is 5.11 Å². The Hall–Kier alpha value is -2.35. The number of hydrogen-bond donors (Lipinski definition) is 0. The molecule has 0 bridgehead atoms. The highest BCUT2D eigenvalue weighted by Crippen LogP contribution is 2.24. The van der Waals surface area contributed by atoms with Crippen molar-refractivity contribution in [2.45, 2.75) is 0 Å². The van der Waals surface area contributed by atoms with Crippen LogP contribution in [-0.2, 0) is 0 Å². The summed E-state index contributed by atoms with van der Waals surface area (Å²) in [4.78, 5) is 4.43. The molecular formula is C15H10NO-. The Kier molecular flexibility index (Phi) is 2.26. The second-order valence-electron chi connectivity index (χ2n) is 3.89. The Morgan fingerprint density at radius 2 is 1.59 bits per heavy atom. The van der Waals surface area contributed by atoms with Gasteiger partial charge in [0, 0.05) is 5.56 Å². The second-order valence-corrected chi connectivity index (χ2v) is 3.89. The van der Waals surface area contributed by atoms with Crippen molar-refractivity contribution in [3.05, 3.63) is 60.7 Å². The molecule has 0 unspecified atom stereocenters. The van der Waals surface area contributed by atoms with E-state index in [-0.39, 0.29) is 5.75 Å². The quantitative estimate of drug-likeness (QED) is 0.632. The smallest absolute Gasteiger partial charge is 0.0709 e. The summed E-state index contributed by atoms with van der Waals surface area (Å²) in [6.45, 7) is 0. The summed E-state index contributed by atoms with van der Waals surface area (Å²) in [5.74, 6) is -0.0275. The van der Waals surface area contributed by atoms with Gasteiger partial charge in [0.15, 0.2) is 0 Å². The molecule has 1 aromatic heterocycles. The lowest BCUT2D eigenvalue weighted by Gasteiger charge is -2.10. The molecule has 1 heterocycles. The molecule has 0 aliphatic carbocycles. The SMILES string of the molecule is [O-]c1cccc2ccc(-c3ccccc3)nc12. The molecule has 0 amide bonds. The minimum Gasteiger partial charge on any atom is -0.871 e. The first-order chi connectivity index (χ1) is 8.34. The van der Waals surface area contributed by atoms with Gasteiger partial charge >= 0.3 is 0 Å². The van der Waals surface area contributed by atoms with Crippen LogP contribution in [0.3, 0.4) is 0 Å². The lowest BCUT2D eigenvalue weighted by Crippen LogP contribution is -1.93. The zero-order chi connectivity index (χ0) is 11.7. The molecule has 0 aliphatic heterocycles. The van der Waals surface area contributed by atoms with Gasteiger partial charge in [-0.05, 0) is 11.5 Å². The molecule has 0 saturated heterocycles. The minimum atomic E-state index is -0.0275. The molecule has 0 N–H and O–H groups in total. The number of aromatic nitrogens is 1.